The van der Waals surface area contributed by atoms with Crippen LogP contribution in [0.25, 0.3) is 0 Å². The number of nitrogens with one attached hydrogen (secondary N) is 1. The number of primary amides is 1. The summed E-state index contributed by atoms with van der Waals surface area (Å²) in [6.07, 6.45) is 2.79. The lowest BCUT2D eigenvalue weighted by Gasteiger charge is -2.31. The third-order valence-corrected chi connectivity index (χ3v) is 3.56. The van der Waals surface area contributed by atoms with E-state index in [0.717, 1.165) is 38.0 Å². The summed E-state index contributed by atoms with van der Waals surface area (Å²) >= 11 is 0. The second-order valence-electron chi connectivity index (χ2n) is 4.98. The molecule has 0 unspecified atom stereocenters. The van der Waals surface area contributed by atoms with Gasteiger partial charge in [0, 0.05) is 24.8 Å². The lowest BCUT2D eigenvalue weighted by molar-refractivity contribution is 0.193. The van der Waals surface area contributed by atoms with Crippen LogP contribution < -0.4 is 16.8 Å². The molecule has 1 heterocycles. The zero-order valence-electron chi connectivity index (χ0n) is 11.1. The highest BCUT2D eigenvalue weighted by Gasteiger charge is 2.20. The number of piperidine rings is 1. The van der Waals surface area contributed by atoms with E-state index in [2.05, 4.69) is 29.6 Å². The van der Waals surface area contributed by atoms with Crippen molar-refractivity contribution >= 4 is 11.7 Å². The van der Waals surface area contributed by atoms with Crippen molar-refractivity contribution in [2.45, 2.75) is 25.3 Å². The summed E-state index contributed by atoms with van der Waals surface area (Å²) in [4.78, 5) is 12.7. The van der Waals surface area contributed by atoms with Crippen LogP contribution in [0.1, 0.15) is 18.4 Å². The van der Waals surface area contributed by atoms with Crippen molar-refractivity contribution in [3.05, 3.63) is 29.8 Å². The number of benzene rings is 1. The Kier molecular flexibility index (Phi) is 4.63. The fraction of sp³-hybridized carbons (Fsp3) is 0.500. The lowest BCUT2D eigenvalue weighted by atomic mass is 10.0. The van der Waals surface area contributed by atoms with E-state index in [9.17, 15) is 4.79 Å². The number of nitrogens with zero attached hydrogens (tertiary/aromatic N) is 1. The zero-order valence-corrected chi connectivity index (χ0v) is 11.1. The van der Waals surface area contributed by atoms with Gasteiger partial charge in [0.1, 0.15) is 0 Å². The molecule has 0 aliphatic carbocycles. The van der Waals surface area contributed by atoms with Gasteiger partial charge in [-0.25, -0.2) is 4.79 Å². The SMILES string of the molecule is NCCc1ccc(NC2CCN(C(N)=O)CC2)cc1. The van der Waals surface area contributed by atoms with Gasteiger partial charge in [-0.3, -0.25) is 0 Å². The first-order valence-corrected chi connectivity index (χ1v) is 6.79. The predicted molar refractivity (Wildman–Crippen MR) is 77.0 cm³/mol. The van der Waals surface area contributed by atoms with E-state index in [1.807, 2.05) is 0 Å². The van der Waals surface area contributed by atoms with Gasteiger partial charge in [-0.1, -0.05) is 12.1 Å². The van der Waals surface area contributed by atoms with Crippen LogP contribution in [0.2, 0.25) is 0 Å². The number of likely N-dealkylation sites (tertiary alicyclic amines) is 1. The number of hydrogen-bond acceptors (Lipinski definition) is 3. The van der Waals surface area contributed by atoms with E-state index in [-0.39, 0.29) is 6.03 Å². The number of carbonyl (C=O) groups excluding carboxylic acids is 1. The molecule has 1 aromatic rings. The highest BCUT2D eigenvalue weighted by molar-refractivity contribution is 5.72. The van der Waals surface area contributed by atoms with Crippen LogP contribution in [0, 0.1) is 0 Å². The average Bonchev–Trinajstić information content (AvgIpc) is 2.42. The van der Waals surface area contributed by atoms with Crippen LogP contribution in [-0.2, 0) is 6.42 Å². The van der Waals surface area contributed by atoms with Gasteiger partial charge >= 0.3 is 6.03 Å². The Morgan fingerprint density at radius 3 is 2.42 bits per heavy atom. The number of amides is 2. The van der Waals surface area contributed by atoms with Crippen molar-refractivity contribution in [3.63, 3.8) is 0 Å². The summed E-state index contributed by atoms with van der Waals surface area (Å²) in [5.74, 6) is 0. The summed E-state index contributed by atoms with van der Waals surface area (Å²) in [5.41, 5.74) is 13.2. The topological polar surface area (TPSA) is 84.4 Å². The minimum atomic E-state index is -0.315. The van der Waals surface area contributed by atoms with Gasteiger partial charge in [-0.05, 0) is 43.5 Å². The van der Waals surface area contributed by atoms with Crippen molar-refractivity contribution < 1.29 is 4.79 Å². The fourth-order valence-corrected chi connectivity index (χ4v) is 2.41. The molecular weight excluding hydrogens is 240 g/mol. The molecule has 1 aliphatic rings. The molecule has 5 heteroatoms. The third kappa shape index (κ3) is 3.86. The molecule has 2 rings (SSSR count). The molecule has 2 amide bonds. The molecule has 0 bridgehead atoms. The highest BCUT2D eigenvalue weighted by atomic mass is 16.2. The van der Waals surface area contributed by atoms with Crippen LogP contribution >= 0.6 is 0 Å². The van der Waals surface area contributed by atoms with Gasteiger partial charge in [0.15, 0.2) is 0 Å². The first kappa shape index (κ1) is 13.7. The minimum Gasteiger partial charge on any atom is -0.382 e. The number of carbonyl (C=O) groups is 1. The van der Waals surface area contributed by atoms with Gasteiger partial charge in [0.25, 0.3) is 0 Å². The Bertz CT molecular complexity index is 410. The van der Waals surface area contributed by atoms with Crippen molar-refractivity contribution in [1.82, 2.24) is 4.90 Å². The Morgan fingerprint density at radius 2 is 1.89 bits per heavy atom. The van der Waals surface area contributed by atoms with E-state index in [4.69, 9.17) is 11.5 Å². The van der Waals surface area contributed by atoms with E-state index in [1.165, 1.54) is 5.56 Å². The van der Waals surface area contributed by atoms with Crippen LogP contribution in [0.3, 0.4) is 0 Å². The Hall–Kier alpha value is -1.75. The van der Waals surface area contributed by atoms with E-state index < -0.39 is 0 Å². The molecule has 19 heavy (non-hydrogen) atoms. The summed E-state index contributed by atoms with van der Waals surface area (Å²) in [5, 5.41) is 3.50. The Balaban J connectivity index is 1.83. The molecule has 5 nitrogen and oxygen atoms in total. The van der Waals surface area contributed by atoms with Crippen molar-refractivity contribution in [2.24, 2.45) is 11.5 Å². The van der Waals surface area contributed by atoms with Gasteiger partial charge in [0.05, 0.1) is 0 Å². The van der Waals surface area contributed by atoms with Crippen LogP contribution in [0.15, 0.2) is 24.3 Å². The number of nitrogens with two attached hydrogens (primary N) is 2. The number of urea groups is 1. The number of hydrogen-bond donors (Lipinski definition) is 3. The predicted octanol–water partition coefficient (Wildman–Crippen LogP) is 1.14. The molecular formula is C14H22N4O. The van der Waals surface area contributed by atoms with E-state index in [1.54, 1.807) is 4.90 Å². The van der Waals surface area contributed by atoms with Crippen LogP contribution in [0.4, 0.5) is 10.5 Å². The standard InChI is InChI=1S/C14H22N4O/c15-8-5-11-1-3-12(4-2-11)17-13-6-9-18(10-7-13)14(16)19/h1-4,13,17H,5-10,15H2,(H2,16,19). The van der Waals surface area contributed by atoms with E-state index in [0.29, 0.717) is 12.6 Å². The highest BCUT2D eigenvalue weighted by Crippen LogP contribution is 2.17. The largest absolute Gasteiger partial charge is 0.382 e. The molecule has 0 saturated carbocycles. The van der Waals surface area contributed by atoms with E-state index >= 15 is 0 Å². The second-order valence-corrected chi connectivity index (χ2v) is 4.98. The summed E-state index contributed by atoms with van der Waals surface area (Å²) in [6, 6.07) is 8.48. The molecule has 5 N–H and O–H groups in total. The molecule has 0 spiro atoms. The minimum absolute atomic E-state index is 0.315. The van der Waals surface area contributed by atoms with Gasteiger partial charge in [0.2, 0.25) is 0 Å². The van der Waals surface area contributed by atoms with Gasteiger partial charge in [-0.15, -0.1) is 0 Å². The van der Waals surface area contributed by atoms with Crippen molar-refractivity contribution in [2.75, 3.05) is 25.0 Å². The van der Waals surface area contributed by atoms with Crippen molar-refractivity contribution in [3.8, 4) is 0 Å². The molecule has 104 valence electrons. The lowest BCUT2D eigenvalue weighted by Crippen LogP contribution is -2.44. The monoisotopic (exact) mass is 262 g/mol. The first-order valence-electron chi connectivity index (χ1n) is 6.79. The molecule has 0 radical (unpaired) electrons. The third-order valence-electron chi connectivity index (χ3n) is 3.56. The average molecular weight is 262 g/mol. The van der Waals surface area contributed by atoms with Gasteiger partial charge in [-0.2, -0.15) is 0 Å². The summed E-state index contributed by atoms with van der Waals surface area (Å²) < 4.78 is 0. The molecule has 1 saturated heterocycles. The van der Waals surface area contributed by atoms with Crippen molar-refractivity contribution in [1.29, 1.82) is 0 Å². The maximum atomic E-state index is 11.0. The molecule has 0 aromatic heterocycles. The molecule has 1 aromatic carbocycles. The fourth-order valence-electron chi connectivity index (χ4n) is 2.41. The first-order chi connectivity index (χ1) is 9.19. The maximum Gasteiger partial charge on any atom is 0.314 e. The quantitative estimate of drug-likeness (QED) is 0.761. The molecule has 1 fully saturated rings. The Labute approximate surface area is 113 Å². The zero-order chi connectivity index (χ0) is 13.7. The second kappa shape index (κ2) is 6.43. The molecule has 1 aliphatic heterocycles. The van der Waals surface area contributed by atoms with Gasteiger partial charge < -0.3 is 21.7 Å². The smallest absolute Gasteiger partial charge is 0.314 e. The molecule has 0 atom stereocenters. The maximum absolute atomic E-state index is 11.0. The number of anilines is 1. The summed E-state index contributed by atoms with van der Waals surface area (Å²) in [7, 11) is 0. The van der Waals surface area contributed by atoms with Crippen LogP contribution in [0.5, 0.6) is 0 Å². The normalized spacial score (nSPS) is 16.4. The Morgan fingerprint density at radius 1 is 1.26 bits per heavy atom. The summed E-state index contributed by atoms with van der Waals surface area (Å²) in [6.45, 7) is 2.15. The number of rotatable bonds is 4. The van der Waals surface area contributed by atoms with Crippen LogP contribution in [-0.4, -0.2) is 36.6 Å².